The molecule has 7 nitrogen and oxygen atoms in total. The van der Waals surface area contributed by atoms with Crippen molar-refractivity contribution in [1.82, 2.24) is 0 Å². The van der Waals surface area contributed by atoms with Gasteiger partial charge in [0.05, 0.1) is 19.2 Å². The normalized spacial score (nSPS) is 25.6. The molecule has 2 aliphatic rings. The van der Waals surface area contributed by atoms with Crippen molar-refractivity contribution < 1.29 is 14.3 Å². The van der Waals surface area contributed by atoms with Gasteiger partial charge in [-0.3, -0.25) is 9.79 Å². The number of halogens is 1. The van der Waals surface area contributed by atoms with Gasteiger partial charge in [0.2, 0.25) is 11.4 Å². The van der Waals surface area contributed by atoms with Gasteiger partial charge in [0, 0.05) is 24.0 Å². The molecule has 1 spiro atoms. The van der Waals surface area contributed by atoms with Gasteiger partial charge in [-0.15, -0.1) is 0 Å². The molecular weight excluding hydrogens is 404 g/mol. The number of rotatable bonds is 2. The van der Waals surface area contributed by atoms with Crippen molar-refractivity contribution in [3.05, 3.63) is 64.7 Å². The van der Waals surface area contributed by atoms with Crippen molar-refractivity contribution in [2.45, 2.75) is 11.0 Å². The number of amides is 1. The molecule has 4 rings (SSSR count). The van der Waals surface area contributed by atoms with Gasteiger partial charge < -0.3 is 9.64 Å². The number of nitriles is 2. The predicted molar refractivity (Wildman–Crippen MR) is 109 cm³/mol. The van der Waals surface area contributed by atoms with Crippen LogP contribution in [0, 0.1) is 28.1 Å². The van der Waals surface area contributed by atoms with Crippen LogP contribution >= 0.6 is 11.6 Å². The Labute approximate surface area is 177 Å². The summed E-state index contributed by atoms with van der Waals surface area (Å²) < 4.78 is 5.11. The van der Waals surface area contributed by atoms with E-state index >= 15 is 0 Å². The van der Waals surface area contributed by atoms with Crippen molar-refractivity contribution in [3.63, 3.8) is 0 Å². The Morgan fingerprint density at radius 1 is 1.17 bits per heavy atom. The average Bonchev–Trinajstić information content (AvgIpc) is 3.21. The van der Waals surface area contributed by atoms with E-state index in [4.69, 9.17) is 16.3 Å². The summed E-state index contributed by atoms with van der Waals surface area (Å²) in [6, 6.07) is 17.0. The predicted octanol–water partition coefficient (Wildman–Crippen LogP) is 2.74. The lowest BCUT2D eigenvalue weighted by Crippen LogP contribution is -2.63. The lowest BCUT2D eigenvalue weighted by molar-refractivity contribution is -0.154. The molecule has 2 aliphatic heterocycles. The van der Waals surface area contributed by atoms with Gasteiger partial charge in [-0.2, -0.15) is 10.5 Å². The Morgan fingerprint density at radius 2 is 1.83 bits per heavy atom. The maximum Gasteiger partial charge on any atom is 0.340 e. The monoisotopic (exact) mass is 418 g/mol. The standard InChI is InChI=1S/C22H15ClN4O3/c1-27-17-9-8-15(23)10-16(17)21(18(27)28)20(11-24,12-25)13-26-22(21,19(29)30-2)14-6-4-3-5-7-14/h3-10,13H,1-2H3/t21-,22+/m1/s1. The number of hydrogen-bond acceptors (Lipinski definition) is 6. The molecule has 2 aromatic rings. The van der Waals surface area contributed by atoms with Gasteiger partial charge in [0.25, 0.3) is 0 Å². The maximum atomic E-state index is 13.9. The van der Waals surface area contributed by atoms with Gasteiger partial charge in [-0.25, -0.2) is 4.79 Å². The van der Waals surface area contributed by atoms with Crippen LogP contribution in [0.4, 0.5) is 5.69 Å². The quantitative estimate of drug-likeness (QED) is 0.697. The summed E-state index contributed by atoms with van der Waals surface area (Å²) >= 11 is 6.26. The summed E-state index contributed by atoms with van der Waals surface area (Å²) in [6.45, 7) is 0. The second kappa shape index (κ2) is 6.41. The fourth-order valence-electron chi connectivity index (χ4n) is 4.67. The Hall–Kier alpha value is -3.68. The fourth-order valence-corrected chi connectivity index (χ4v) is 4.84. The van der Waals surface area contributed by atoms with Crippen molar-refractivity contribution in [2.24, 2.45) is 10.4 Å². The number of fused-ring (bicyclic) bond motifs is 2. The minimum atomic E-state index is -2.07. The number of benzene rings is 2. The van der Waals surface area contributed by atoms with Gasteiger partial charge in [-0.1, -0.05) is 41.9 Å². The van der Waals surface area contributed by atoms with E-state index in [-0.39, 0.29) is 5.56 Å². The summed E-state index contributed by atoms with van der Waals surface area (Å²) in [5, 5.41) is 20.6. The van der Waals surface area contributed by atoms with Gasteiger partial charge in [-0.05, 0) is 29.3 Å². The van der Waals surface area contributed by atoms with Crippen LogP contribution in [0.25, 0.3) is 0 Å². The van der Waals surface area contributed by atoms with Crippen LogP contribution in [0.2, 0.25) is 5.02 Å². The fraction of sp³-hybridized carbons (Fsp3) is 0.227. The SMILES string of the molecule is COC(=O)[C@]1(c2ccccc2)N=CC(C#N)(C#N)[C@@]12C(=O)N(C)c1ccc(Cl)cc12. The van der Waals surface area contributed by atoms with Crippen LogP contribution in [-0.4, -0.2) is 32.2 Å². The molecule has 148 valence electrons. The number of ether oxygens (including phenoxy) is 1. The molecule has 2 aromatic carbocycles. The minimum absolute atomic E-state index is 0.275. The van der Waals surface area contributed by atoms with Crippen LogP contribution < -0.4 is 4.90 Å². The van der Waals surface area contributed by atoms with Crippen molar-refractivity contribution >= 4 is 35.4 Å². The van der Waals surface area contributed by atoms with E-state index in [9.17, 15) is 20.1 Å². The number of likely N-dealkylation sites (N-methyl/N-ethyl adjacent to an activating group) is 1. The molecule has 0 saturated heterocycles. The third-order valence-corrected chi connectivity index (χ3v) is 6.20. The summed E-state index contributed by atoms with van der Waals surface area (Å²) in [5.41, 5.74) is -5.04. The molecule has 1 amide bonds. The minimum Gasteiger partial charge on any atom is -0.467 e. The van der Waals surface area contributed by atoms with Gasteiger partial charge in [0.1, 0.15) is 0 Å². The molecule has 0 saturated carbocycles. The summed E-state index contributed by atoms with van der Waals surface area (Å²) in [6.07, 6.45) is 1.10. The van der Waals surface area contributed by atoms with Gasteiger partial charge >= 0.3 is 5.97 Å². The Bertz CT molecular complexity index is 1180. The van der Waals surface area contributed by atoms with Crippen LogP contribution in [0.5, 0.6) is 0 Å². The van der Waals surface area contributed by atoms with Crippen LogP contribution in [0.3, 0.4) is 0 Å². The molecule has 0 aliphatic carbocycles. The highest BCUT2D eigenvalue weighted by Crippen LogP contribution is 2.64. The van der Waals surface area contributed by atoms with Crippen LogP contribution in [0.1, 0.15) is 11.1 Å². The first kappa shape index (κ1) is 19.6. The zero-order valence-corrected chi connectivity index (χ0v) is 16.8. The lowest BCUT2D eigenvalue weighted by Gasteiger charge is -2.42. The third kappa shape index (κ3) is 1.95. The highest BCUT2D eigenvalue weighted by Gasteiger charge is 2.80. The number of carbonyl (C=O) groups is 2. The zero-order chi connectivity index (χ0) is 21.7. The number of nitrogens with zero attached hydrogens (tertiary/aromatic N) is 4. The molecule has 2 atom stereocenters. The van der Waals surface area contributed by atoms with E-state index < -0.39 is 28.2 Å². The van der Waals surface area contributed by atoms with Crippen LogP contribution in [0.15, 0.2) is 53.5 Å². The highest BCUT2D eigenvalue weighted by molar-refractivity contribution is 6.31. The lowest BCUT2D eigenvalue weighted by atomic mass is 9.53. The molecule has 0 radical (unpaired) electrons. The maximum absolute atomic E-state index is 13.9. The Kier molecular flexibility index (Phi) is 4.20. The molecule has 8 heteroatoms. The van der Waals surface area contributed by atoms with Crippen molar-refractivity contribution in [2.75, 3.05) is 19.1 Å². The molecule has 0 unspecified atom stereocenters. The van der Waals surface area contributed by atoms with Crippen molar-refractivity contribution in [1.29, 1.82) is 10.5 Å². The summed E-state index contributed by atoms with van der Waals surface area (Å²) in [7, 11) is 2.70. The largest absolute Gasteiger partial charge is 0.467 e. The van der Waals surface area contributed by atoms with Gasteiger partial charge in [0.15, 0.2) is 10.8 Å². The molecule has 0 aromatic heterocycles. The molecule has 0 N–H and O–H groups in total. The first-order chi connectivity index (χ1) is 14.4. The average molecular weight is 419 g/mol. The van der Waals surface area contributed by atoms with E-state index in [2.05, 4.69) is 4.99 Å². The van der Waals surface area contributed by atoms with E-state index in [0.717, 1.165) is 6.21 Å². The number of aliphatic imine (C=N–C) groups is 1. The molecule has 0 fully saturated rings. The Balaban J connectivity index is 2.26. The molecule has 0 bridgehead atoms. The topological polar surface area (TPSA) is 107 Å². The Morgan fingerprint density at radius 3 is 2.43 bits per heavy atom. The van der Waals surface area contributed by atoms with Crippen LogP contribution in [-0.2, 0) is 25.3 Å². The summed E-state index contributed by atoms with van der Waals surface area (Å²) in [5.74, 6) is -1.47. The first-order valence-corrected chi connectivity index (χ1v) is 9.35. The molecule has 30 heavy (non-hydrogen) atoms. The second-order valence-corrected chi connectivity index (χ2v) is 7.57. The summed E-state index contributed by atoms with van der Waals surface area (Å²) in [4.78, 5) is 33.1. The number of methoxy groups -OCH3 is 1. The highest BCUT2D eigenvalue weighted by atomic mass is 35.5. The second-order valence-electron chi connectivity index (χ2n) is 7.13. The van der Waals surface area contributed by atoms with Crippen molar-refractivity contribution in [3.8, 4) is 12.1 Å². The number of esters is 1. The van der Waals surface area contributed by atoms with E-state index in [0.29, 0.717) is 16.3 Å². The first-order valence-electron chi connectivity index (χ1n) is 8.97. The number of anilines is 1. The van der Waals surface area contributed by atoms with E-state index in [1.54, 1.807) is 42.5 Å². The van der Waals surface area contributed by atoms with E-state index in [1.807, 2.05) is 12.1 Å². The van der Waals surface area contributed by atoms with E-state index in [1.165, 1.54) is 25.1 Å². The smallest absolute Gasteiger partial charge is 0.340 e. The third-order valence-electron chi connectivity index (χ3n) is 5.96. The number of hydrogen-bond donors (Lipinski definition) is 0. The zero-order valence-electron chi connectivity index (χ0n) is 16.1. The molecule has 2 heterocycles. The molecular formula is C22H15ClN4O3. The number of carbonyl (C=O) groups excluding carboxylic acids is 2.